The SMILES string of the molecule is c1ccc(-c2nc3scnn3c2-c2ccc(CN3CCC(c4nnc(-c5cccs5)[nH]4)CC3)cc2)cc1. The third-order valence-corrected chi connectivity index (χ3v) is 8.61. The fraction of sp³-hybridized carbons (Fsp3) is 0.214. The molecule has 0 aliphatic carbocycles. The van der Waals surface area contributed by atoms with Crippen LogP contribution in [0.3, 0.4) is 0 Å². The van der Waals surface area contributed by atoms with Gasteiger partial charge in [0.15, 0.2) is 5.82 Å². The van der Waals surface area contributed by atoms with Crippen LogP contribution >= 0.6 is 22.7 Å². The highest BCUT2D eigenvalue weighted by Crippen LogP contribution is 2.34. The summed E-state index contributed by atoms with van der Waals surface area (Å²) in [6.45, 7) is 3.07. The lowest BCUT2D eigenvalue weighted by Gasteiger charge is -2.30. The summed E-state index contributed by atoms with van der Waals surface area (Å²) in [6, 6.07) is 23.4. The zero-order chi connectivity index (χ0) is 24.6. The van der Waals surface area contributed by atoms with Gasteiger partial charge in [-0.05, 0) is 42.9 Å². The van der Waals surface area contributed by atoms with E-state index < -0.39 is 0 Å². The van der Waals surface area contributed by atoms with Crippen molar-refractivity contribution in [3.05, 3.63) is 89.0 Å². The van der Waals surface area contributed by atoms with Crippen molar-refractivity contribution in [3.8, 4) is 33.2 Å². The number of aromatic amines is 1. The monoisotopic (exact) mass is 523 g/mol. The van der Waals surface area contributed by atoms with E-state index in [1.54, 1.807) is 22.7 Å². The van der Waals surface area contributed by atoms with Gasteiger partial charge in [0.1, 0.15) is 22.7 Å². The molecule has 1 aliphatic rings. The van der Waals surface area contributed by atoms with Crippen LogP contribution in [-0.2, 0) is 6.54 Å². The van der Waals surface area contributed by atoms with Crippen LogP contribution in [-0.4, -0.2) is 47.8 Å². The van der Waals surface area contributed by atoms with E-state index >= 15 is 0 Å². The minimum absolute atomic E-state index is 0.443. The van der Waals surface area contributed by atoms with Gasteiger partial charge in [-0.1, -0.05) is 72.0 Å². The molecular weight excluding hydrogens is 498 g/mol. The first kappa shape index (κ1) is 22.5. The smallest absolute Gasteiger partial charge is 0.213 e. The van der Waals surface area contributed by atoms with Crippen molar-refractivity contribution in [1.82, 2.24) is 34.7 Å². The van der Waals surface area contributed by atoms with E-state index in [2.05, 4.69) is 85.2 Å². The molecule has 7 rings (SSSR count). The van der Waals surface area contributed by atoms with Crippen molar-refractivity contribution in [2.24, 2.45) is 0 Å². The molecule has 37 heavy (non-hydrogen) atoms. The molecule has 0 radical (unpaired) electrons. The van der Waals surface area contributed by atoms with Crippen LogP contribution in [0, 0.1) is 0 Å². The van der Waals surface area contributed by atoms with E-state index in [1.807, 2.05) is 22.2 Å². The molecule has 184 valence electrons. The number of H-pyrrole nitrogens is 1. The molecule has 0 bridgehead atoms. The lowest BCUT2D eigenvalue weighted by molar-refractivity contribution is 0.202. The predicted molar refractivity (Wildman–Crippen MR) is 149 cm³/mol. The predicted octanol–water partition coefficient (Wildman–Crippen LogP) is 6.35. The van der Waals surface area contributed by atoms with Gasteiger partial charge >= 0.3 is 0 Å². The molecule has 4 aromatic heterocycles. The molecule has 0 saturated carbocycles. The number of thiophene rings is 1. The van der Waals surface area contributed by atoms with Gasteiger partial charge in [-0.3, -0.25) is 4.90 Å². The number of benzene rings is 2. The first-order valence-electron chi connectivity index (χ1n) is 12.5. The Labute approximate surface area is 222 Å². The molecule has 7 nitrogen and oxygen atoms in total. The van der Waals surface area contributed by atoms with Crippen molar-refractivity contribution in [1.29, 1.82) is 0 Å². The number of rotatable bonds is 6. The Morgan fingerprint density at radius 1 is 0.865 bits per heavy atom. The zero-order valence-corrected chi connectivity index (χ0v) is 21.8. The first-order chi connectivity index (χ1) is 18.3. The third kappa shape index (κ3) is 4.39. The van der Waals surface area contributed by atoms with Gasteiger partial charge in [-0.15, -0.1) is 21.5 Å². The summed E-state index contributed by atoms with van der Waals surface area (Å²) in [5, 5.41) is 15.5. The van der Waals surface area contributed by atoms with Crippen LogP contribution in [0.5, 0.6) is 0 Å². The quantitative estimate of drug-likeness (QED) is 0.275. The van der Waals surface area contributed by atoms with Gasteiger partial charge in [-0.2, -0.15) is 5.10 Å². The fourth-order valence-corrected chi connectivity index (χ4v) is 6.41. The minimum atomic E-state index is 0.443. The number of nitrogens with one attached hydrogen (secondary N) is 1. The number of likely N-dealkylation sites (tertiary alicyclic amines) is 1. The Morgan fingerprint density at radius 3 is 2.49 bits per heavy atom. The van der Waals surface area contributed by atoms with Gasteiger partial charge in [0.05, 0.1) is 4.88 Å². The average Bonchev–Trinajstić information content (AvgIpc) is 3.75. The van der Waals surface area contributed by atoms with E-state index in [4.69, 9.17) is 4.98 Å². The van der Waals surface area contributed by atoms with Crippen LogP contribution in [0.2, 0.25) is 0 Å². The second-order valence-electron chi connectivity index (χ2n) is 9.39. The molecule has 1 fully saturated rings. The van der Waals surface area contributed by atoms with E-state index in [0.717, 1.165) is 76.5 Å². The highest BCUT2D eigenvalue weighted by atomic mass is 32.1. The number of hydrogen-bond acceptors (Lipinski definition) is 7. The normalized spacial score (nSPS) is 15.0. The molecule has 0 atom stereocenters. The molecule has 1 N–H and O–H groups in total. The number of fused-ring (bicyclic) bond motifs is 1. The molecular formula is C28H25N7S2. The van der Waals surface area contributed by atoms with E-state index in [9.17, 15) is 0 Å². The summed E-state index contributed by atoms with van der Waals surface area (Å²) < 4.78 is 1.96. The Morgan fingerprint density at radius 2 is 1.70 bits per heavy atom. The van der Waals surface area contributed by atoms with Crippen LogP contribution in [0.1, 0.15) is 30.1 Å². The Balaban J connectivity index is 1.04. The summed E-state index contributed by atoms with van der Waals surface area (Å²) >= 11 is 3.25. The molecule has 2 aromatic carbocycles. The van der Waals surface area contributed by atoms with Crippen LogP contribution in [0.4, 0.5) is 0 Å². The van der Waals surface area contributed by atoms with Crippen molar-refractivity contribution >= 4 is 27.6 Å². The summed E-state index contributed by atoms with van der Waals surface area (Å²) in [5.41, 5.74) is 7.43. The van der Waals surface area contributed by atoms with Crippen molar-refractivity contribution in [2.75, 3.05) is 13.1 Å². The lowest BCUT2D eigenvalue weighted by Crippen LogP contribution is -2.32. The van der Waals surface area contributed by atoms with E-state index in [1.165, 1.54) is 5.56 Å². The van der Waals surface area contributed by atoms with E-state index in [0.29, 0.717) is 5.92 Å². The van der Waals surface area contributed by atoms with Crippen LogP contribution in [0.15, 0.2) is 77.6 Å². The van der Waals surface area contributed by atoms with Crippen LogP contribution in [0.25, 0.3) is 38.2 Å². The second kappa shape index (κ2) is 9.66. The zero-order valence-electron chi connectivity index (χ0n) is 20.1. The summed E-state index contributed by atoms with van der Waals surface area (Å²) in [7, 11) is 0. The summed E-state index contributed by atoms with van der Waals surface area (Å²) in [5.74, 6) is 2.35. The highest BCUT2D eigenvalue weighted by Gasteiger charge is 2.24. The van der Waals surface area contributed by atoms with Gasteiger partial charge in [0.2, 0.25) is 4.96 Å². The van der Waals surface area contributed by atoms with Gasteiger partial charge in [0, 0.05) is 23.6 Å². The molecule has 0 spiro atoms. The lowest BCUT2D eigenvalue weighted by atomic mass is 9.95. The maximum atomic E-state index is 4.88. The van der Waals surface area contributed by atoms with Crippen LogP contribution < -0.4 is 0 Å². The molecule has 9 heteroatoms. The summed E-state index contributed by atoms with van der Waals surface area (Å²) in [4.78, 5) is 12.9. The Kier molecular flexibility index (Phi) is 5.88. The molecule has 6 aromatic rings. The fourth-order valence-electron chi connectivity index (χ4n) is 5.12. The molecule has 0 amide bonds. The topological polar surface area (TPSA) is 75.0 Å². The number of imidazole rings is 1. The maximum Gasteiger partial charge on any atom is 0.213 e. The van der Waals surface area contributed by atoms with Gasteiger partial charge in [-0.25, -0.2) is 9.50 Å². The van der Waals surface area contributed by atoms with Crippen molar-refractivity contribution in [2.45, 2.75) is 25.3 Å². The highest BCUT2D eigenvalue weighted by molar-refractivity contribution is 7.14. The number of aromatic nitrogens is 6. The number of hydrogen-bond donors (Lipinski definition) is 1. The first-order valence-corrected chi connectivity index (χ1v) is 14.2. The summed E-state index contributed by atoms with van der Waals surface area (Å²) in [6.07, 6.45) is 2.18. The Bertz CT molecular complexity index is 1610. The molecule has 0 unspecified atom stereocenters. The largest absolute Gasteiger partial charge is 0.324 e. The van der Waals surface area contributed by atoms with E-state index in [-0.39, 0.29) is 0 Å². The number of piperidine rings is 1. The molecule has 5 heterocycles. The third-order valence-electron chi connectivity index (χ3n) is 7.06. The van der Waals surface area contributed by atoms with Gasteiger partial charge in [0.25, 0.3) is 0 Å². The van der Waals surface area contributed by atoms with Crippen molar-refractivity contribution < 1.29 is 0 Å². The second-order valence-corrected chi connectivity index (χ2v) is 11.2. The number of nitrogens with zero attached hydrogens (tertiary/aromatic N) is 6. The standard InChI is InChI=1S/C28H25N7S2/c1-2-5-20(6-3-1)24-25(35-28(30-24)37-18-29-35)21-10-8-19(9-11-21)17-34-14-12-22(13-15-34)26-31-27(33-32-26)23-7-4-16-36-23/h1-11,16,18,22H,12-15,17H2,(H,31,32,33). The minimum Gasteiger partial charge on any atom is -0.324 e. The molecule has 1 saturated heterocycles. The molecule has 1 aliphatic heterocycles. The Hall–Kier alpha value is -3.66. The average molecular weight is 524 g/mol. The maximum absolute atomic E-state index is 4.88. The van der Waals surface area contributed by atoms with Gasteiger partial charge < -0.3 is 4.98 Å². The van der Waals surface area contributed by atoms with Crippen molar-refractivity contribution in [3.63, 3.8) is 0 Å².